The number of nitrogens with zero attached hydrogens (tertiary/aromatic N) is 3. The van der Waals surface area contributed by atoms with Gasteiger partial charge in [-0.3, -0.25) is 14.5 Å². The SMILES string of the molecule is CN(C)CCN(Cc1ccccc1C(F)(F)F)C(=O)COc1cccc2c1CCN(CC(=O)OC(C)(C)C)CC2. The molecule has 0 saturated heterocycles. The number of hydrogen-bond acceptors (Lipinski definition) is 6. The van der Waals surface area contributed by atoms with Crippen LogP contribution >= 0.6 is 0 Å². The summed E-state index contributed by atoms with van der Waals surface area (Å²) in [4.78, 5) is 30.9. The number of likely N-dealkylation sites (N-methyl/N-ethyl adjacent to an activating group) is 1. The molecule has 220 valence electrons. The van der Waals surface area contributed by atoms with Gasteiger partial charge in [-0.2, -0.15) is 13.2 Å². The summed E-state index contributed by atoms with van der Waals surface area (Å²) in [6.07, 6.45) is -3.17. The highest BCUT2D eigenvalue weighted by atomic mass is 19.4. The van der Waals surface area contributed by atoms with Gasteiger partial charge in [-0.1, -0.05) is 30.3 Å². The number of benzene rings is 2. The molecule has 1 heterocycles. The first-order valence-electron chi connectivity index (χ1n) is 13.5. The van der Waals surface area contributed by atoms with E-state index in [0.29, 0.717) is 38.2 Å². The quantitative estimate of drug-likeness (QED) is 0.399. The Morgan fingerprint density at radius 3 is 2.33 bits per heavy atom. The van der Waals surface area contributed by atoms with Gasteiger partial charge in [-0.25, -0.2) is 0 Å². The zero-order valence-electron chi connectivity index (χ0n) is 24.0. The minimum atomic E-state index is -4.51. The van der Waals surface area contributed by atoms with Crippen LogP contribution in [0.15, 0.2) is 42.5 Å². The molecule has 0 atom stereocenters. The molecule has 0 aromatic heterocycles. The number of rotatable bonds is 10. The molecule has 1 aliphatic heterocycles. The molecule has 1 aliphatic rings. The molecule has 0 fully saturated rings. The van der Waals surface area contributed by atoms with Crippen LogP contribution in [0.5, 0.6) is 5.75 Å². The second-order valence-electron chi connectivity index (χ2n) is 11.3. The molecule has 2 aromatic rings. The van der Waals surface area contributed by atoms with Crippen LogP contribution in [0.3, 0.4) is 0 Å². The minimum absolute atomic E-state index is 0.0424. The summed E-state index contributed by atoms with van der Waals surface area (Å²) >= 11 is 0. The fourth-order valence-corrected chi connectivity index (χ4v) is 4.62. The molecule has 0 spiro atoms. The van der Waals surface area contributed by atoms with Gasteiger partial charge >= 0.3 is 12.1 Å². The van der Waals surface area contributed by atoms with E-state index in [-0.39, 0.29) is 37.8 Å². The molecular formula is C30H40F3N3O4. The molecular weight excluding hydrogens is 523 g/mol. The first-order valence-corrected chi connectivity index (χ1v) is 13.5. The van der Waals surface area contributed by atoms with E-state index in [1.165, 1.54) is 17.0 Å². The third-order valence-corrected chi connectivity index (χ3v) is 6.58. The van der Waals surface area contributed by atoms with Gasteiger partial charge in [-0.05, 0) is 76.5 Å². The van der Waals surface area contributed by atoms with Gasteiger partial charge in [-0.15, -0.1) is 0 Å². The maximum absolute atomic E-state index is 13.6. The fraction of sp³-hybridized carbons (Fsp3) is 0.533. The summed E-state index contributed by atoms with van der Waals surface area (Å²) in [5, 5.41) is 0. The number of esters is 1. The van der Waals surface area contributed by atoms with E-state index in [0.717, 1.165) is 17.2 Å². The van der Waals surface area contributed by atoms with Gasteiger partial charge in [0.05, 0.1) is 12.1 Å². The molecule has 2 aromatic carbocycles. The van der Waals surface area contributed by atoms with E-state index in [1.807, 2.05) is 56.8 Å². The Labute approximate surface area is 234 Å². The Bertz CT molecular complexity index is 1160. The third-order valence-electron chi connectivity index (χ3n) is 6.58. The van der Waals surface area contributed by atoms with Crippen molar-refractivity contribution < 1.29 is 32.2 Å². The first kappa shape index (κ1) is 31.4. The lowest BCUT2D eigenvalue weighted by atomic mass is 10.0. The predicted octanol–water partition coefficient (Wildman–Crippen LogP) is 4.42. The number of fused-ring (bicyclic) bond motifs is 1. The number of ether oxygens (including phenoxy) is 2. The maximum atomic E-state index is 13.6. The molecule has 0 aliphatic carbocycles. The Kier molecular flexibility index (Phi) is 10.6. The average Bonchev–Trinajstić information content (AvgIpc) is 3.06. The monoisotopic (exact) mass is 563 g/mol. The number of halogens is 3. The Morgan fingerprint density at radius 1 is 0.950 bits per heavy atom. The van der Waals surface area contributed by atoms with Gasteiger partial charge in [0.25, 0.3) is 5.91 Å². The lowest BCUT2D eigenvalue weighted by Gasteiger charge is -2.26. The number of alkyl halides is 3. The van der Waals surface area contributed by atoms with E-state index in [9.17, 15) is 22.8 Å². The second kappa shape index (κ2) is 13.5. The number of amides is 1. The van der Waals surface area contributed by atoms with Crippen molar-refractivity contribution in [3.63, 3.8) is 0 Å². The first-order chi connectivity index (χ1) is 18.7. The van der Waals surface area contributed by atoms with E-state index in [2.05, 4.69) is 0 Å². The van der Waals surface area contributed by atoms with Crippen LogP contribution < -0.4 is 4.74 Å². The standard InChI is InChI=1S/C30H40F3N3O4/c1-29(2,3)40-28(38)20-35-15-13-22-10-8-12-26(24(22)14-16-35)39-21-27(37)36(18-17-34(4)5)19-23-9-6-7-11-25(23)30(31,32)33/h6-12H,13-21H2,1-5H3. The van der Waals surface area contributed by atoms with E-state index >= 15 is 0 Å². The molecule has 0 radical (unpaired) electrons. The number of carbonyl (C=O) groups excluding carboxylic acids is 2. The molecule has 10 heteroatoms. The minimum Gasteiger partial charge on any atom is -0.483 e. The van der Waals surface area contributed by atoms with E-state index < -0.39 is 23.2 Å². The van der Waals surface area contributed by atoms with Gasteiger partial charge in [0.15, 0.2) is 6.61 Å². The summed E-state index contributed by atoms with van der Waals surface area (Å²) in [6, 6.07) is 11.0. The van der Waals surface area contributed by atoms with Gasteiger partial charge in [0.1, 0.15) is 11.4 Å². The Hall–Kier alpha value is -3.11. The van der Waals surface area contributed by atoms with Gasteiger partial charge < -0.3 is 19.3 Å². The highest BCUT2D eigenvalue weighted by Crippen LogP contribution is 2.32. The van der Waals surface area contributed by atoms with Crippen LogP contribution in [-0.2, 0) is 39.9 Å². The predicted molar refractivity (Wildman–Crippen MR) is 147 cm³/mol. The van der Waals surface area contributed by atoms with Gasteiger partial charge in [0, 0.05) is 32.7 Å². The lowest BCUT2D eigenvalue weighted by molar-refractivity contribution is -0.156. The normalized spacial score (nSPS) is 14.4. The van der Waals surface area contributed by atoms with Crippen molar-refractivity contribution in [3.05, 3.63) is 64.7 Å². The molecule has 3 rings (SSSR count). The molecule has 0 saturated carbocycles. The van der Waals surface area contributed by atoms with Crippen molar-refractivity contribution in [1.82, 2.24) is 14.7 Å². The number of carbonyl (C=O) groups is 2. The zero-order valence-corrected chi connectivity index (χ0v) is 24.0. The topological polar surface area (TPSA) is 62.3 Å². The van der Waals surface area contributed by atoms with Crippen molar-refractivity contribution in [2.24, 2.45) is 0 Å². The summed E-state index contributed by atoms with van der Waals surface area (Å²) in [5.74, 6) is -0.0877. The maximum Gasteiger partial charge on any atom is 0.416 e. The van der Waals surface area contributed by atoms with Crippen LogP contribution in [0.4, 0.5) is 13.2 Å². The van der Waals surface area contributed by atoms with Crippen LogP contribution in [0.25, 0.3) is 0 Å². The summed E-state index contributed by atoms with van der Waals surface area (Å²) in [7, 11) is 3.68. The smallest absolute Gasteiger partial charge is 0.416 e. The molecule has 1 amide bonds. The van der Waals surface area contributed by atoms with E-state index in [1.54, 1.807) is 12.1 Å². The summed E-state index contributed by atoms with van der Waals surface area (Å²) < 4.78 is 52.2. The molecule has 0 bridgehead atoms. The van der Waals surface area contributed by atoms with Crippen LogP contribution in [-0.4, -0.2) is 85.6 Å². The van der Waals surface area contributed by atoms with Crippen molar-refractivity contribution in [3.8, 4) is 5.75 Å². The van der Waals surface area contributed by atoms with Crippen LogP contribution in [0.1, 0.15) is 43.0 Å². The average molecular weight is 564 g/mol. The van der Waals surface area contributed by atoms with E-state index in [4.69, 9.17) is 9.47 Å². The molecule has 7 nitrogen and oxygen atoms in total. The van der Waals surface area contributed by atoms with Crippen LogP contribution in [0, 0.1) is 0 Å². The molecule has 0 unspecified atom stereocenters. The van der Waals surface area contributed by atoms with Crippen molar-refractivity contribution in [2.45, 2.75) is 51.9 Å². The fourth-order valence-electron chi connectivity index (χ4n) is 4.62. The number of hydrogen-bond donors (Lipinski definition) is 0. The van der Waals surface area contributed by atoms with Gasteiger partial charge in [0.2, 0.25) is 0 Å². The molecule has 40 heavy (non-hydrogen) atoms. The summed E-state index contributed by atoms with van der Waals surface area (Å²) in [5.41, 5.74) is 0.808. The third kappa shape index (κ3) is 9.52. The zero-order chi connectivity index (χ0) is 29.5. The van der Waals surface area contributed by atoms with Crippen molar-refractivity contribution >= 4 is 11.9 Å². The summed E-state index contributed by atoms with van der Waals surface area (Å²) in [6.45, 7) is 7.32. The lowest BCUT2D eigenvalue weighted by Crippen LogP contribution is -2.39. The van der Waals surface area contributed by atoms with Crippen LogP contribution in [0.2, 0.25) is 0 Å². The highest BCUT2D eigenvalue weighted by molar-refractivity contribution is 5.78. The van der Waals surface area contributed by atoms with Crippen molar-refractivity contribution in [2.75, 3.05) is 53.4 Å². The van der Waals surface area contributed by atoms with Crippen molar-refractivity contribution in [1.29, 1.82) is 0 Å². The second-order valence-corrected chi connectivity index (χ2v) is 11.3. The Morgan fingerprint density at radius 2 is 1.65 bits per heavy atom. The largest absolute Gasteiger partial charge is 0.483 e. The molecule has 0 N–H and O–H groups in total. The Balaban J connectivity index is 1.69. The highest BCUT2D eigenvalue weighted by Gasteiger charge is 2.33.